The first-order chi connectivity index (χ1) is 30.9. The number of esters is 2. The highest BCUT2D eigenvalue weighted by atomic mass is 16.5. The zero-order valence-electron chi connectivity index (χ0n) is 43.1. The van der Waals surface area contributed by atoms with Crippen LogP contribution in [0.3, 0.4) is 0 Å². The van der Waals surface area contributed by atoms with Gasteiger partial charge in [-0.15, -0.1) is 0 Å². The summed E-state index contributed by atoms with van der Waals surface area (Å²) in [6.07, 6.45) is 48.9. The summed E-state index contributed by atoms with van der Waals surface area (Å²) in [5.41, 5.74) is 0. The van der Waals surface area contributed by atoms with Gasteiger partial charge in [0.1, 0.15) is 0 Å². The quantitative estimate of drug-likeness (QED) is 0.0346. The Balaban J connectivity index is 5.10. The van der Waals surface area contributed by atoms with Gasteiger partial charge in [0.25, 0.3) is 0 Å². The predicted octanol–water partition coefficient (Wildman–Crippen LogP) is 17.8. The van der Waals surface area contributed by atoms with Gasteiger partial charge in [0.05, 0.1) is 13.2 Å². The molecule has 0 aromatic carbocycles. The lowest BCUT2D eigenvalue weighted by molar-refractivity contribution is -0.146. The summed E-state index contributed by atoms with van der Waals surface area (Å²) in [5, 5.41) is 0. The van der Waals surface area contributed by atoms with E-state index in [9.17, 15) is 14.4 Å². The van der Waals surface area contributed by atoms with Gasteiger partial charge in [-0.1, -0.05) is 234 Å². The van der Waals surface area contributed by atoms with Crippen molar-refractivity contribution in [3.8, 4) is 0 Å². The summed E-state index contributed by atoms with van der Waals surface area (Å²) in [6, 6.07) is 0.153. The monoisotopic (exact) mass is 888 g/mol. The topological polar surface area (TPSA) is 72.9 Å². The molecule has 0 aliphatic rings. The lowest BCUT2D eigenvalue weighted by Crippen LogP contribution is -2.40. The van der Waals surface area contributed by atoms with E-state index in [0.717, 1.165) is 70.8 Å². The van der Waals surface area contributed by atoms with Crippen LogP contribution in [0.25, 0.3) is 0 Å². The summed E-state index contributed by atoms with van der Waals surface area (Å²) in [7, 11) is 0. The van der Waals surface area contributed by atoms with Crippen molar-refractivity contribution in [1.82, 2.24) is 4.90 Å². The Morgan fingerprint density at radius 2 is 0.683 bits per heavy atom. The zero-order chi connectivity index (χ0) is 46.3. The summed E-state index contributed by atoms with van der Waals surface area (Å²) >= 11 is 0. The lowest BCUT2D eigenvalue weighted by Gasteiger charge is -2.31. The van der Waals surface area contributed by atoms with Crippen molar-refractivity contribution in [1.29, 1.82) is 0 Å². The van der Waals surface area contributed by atoms with E-state index in [1.54, 1.807) is 0 Å². The number of amides is 1. The maximum absolute atomic E-state index is 13.3. The van der Waals surface area contributed by atoms with E-state index < -0.39 is 0 Å². The minimum atomic E-state index is -0.0491. The molecule has 0 rings (SSSR count). The number of hydrogen-bond donors (Lipinski definition) is 0. The molecule has 0 radical (unpaired) electrons. The molecule has 3 unspecified atom stereocenters. The average molecular weight is 889 g/mol. The van der Waals surface area contributed by atoms with Crippen molar-refractivity contribution >= 4 is 17.8 Å². The molecule has 1 amide bonds. The molecule has 6 heteroatoms. The van der Waals surface area contributed by atoms with Crippen LogP contribution in [0.15, 0.2) is 12.7 Å². The molecule has 0 N–H and O–H groups in total. The fourth-order valence-electron chi connectivity index (χ4n) is 9.27. The molecule has 0 fully saturated rings. The van der Waals surface area contributed by atoms with Crippen LogP contribution in [0.5, 0.6) is 0 Å². The molecule has 0 heterocycles. The molecule has 0 saturated carbocycles. The van der Waals surface area contributed by atoms with Gasteiger partial charge in [-0.2, -0.15) is 0 Å². The number of rotatable bonds is 50. The molecule has 0 aromatic heterocycles. The highest BCUT2D eigenvalue weighted by Crippen LogP contribution is 2.23. The fraction of sp³-hybridized carbons (Fsp3) is 0.912. The summed E-state index contributed by atoms with van der Waals surface area (Å²) in [6.45, 7) is 17.1. The Bertz CT molecular complexity index is 1010. The van der Waals surface area contributed by atoms with Gasteiger partial charge in [-0.3, -0.25) is 14.4 Å². The third-order valence-corrected chi connectivity index (χ3v) is 13.6. The van der Waals surface area contributed by atoms with Crippen LogP contribution in [0, 0.1) is 11.8 Å². The molecule has 372 valence electrons. The van der Waals surface area contributed by atoms with Gasteiger partial charge in [-0.05, 0) is 75.7 Å². The summed E-state index contributed by atoms with van der Waals surface area (Å²) in [4.78, 5) is 41.2. The average Bonchev–Trinajstić information content (AvgIpc) is 3.29. The van der Waals surface area contributed by atoms with Crippen LogP contribution in [-0.2, 0) is 23.9 Å². The van der Waals surface area contributed by atoms with Crippen LogP contribution in [0.4, 0.5) is 0 Å². The molecule has 6 nitrogen and oxygen atoms in total. The van der Waals surface area contributed by atoms with E-state index in [1.807, 2.05) is 0 Å². The first-order valence-corrected chi connectivity index (χ1v) is 28.1. The molecule has 0 bridgehead atoms. The normalized spacial score (nSPS) is 12.8. The van der Waals surface area contributed by atoms with Gasteiger partial charge in [0.2, 0.25) is 5.91 Å². The van der Waals surface area contributed by atoms with E-state index in [0.29, 0.717) is 37.9 Å². The Hall–Kier alpha value is -1.85. The van der Waals surface area contributed by atoms with Crippen LogP contribution in [0.1, 0.15) is 298 Å². The third-order valence-electron chi connectivity index (χ3n) is 13.6. The van der Waals surface area contributed by atoms with Gasteiger partial charge >= 0.3 is 11.9 Å². The predicted molar refractivity (Wildman–Crippen MR) is 272 cm³/mol. The standard InChI is InChI=1S/C57H109NO5/c1-7-13-18-22-25-26-29-40-49-58(55(59)12-6)54(45-36-30-38-47-56(60)62-50-52(41-32-17-11-5)43-34-27-23-19-14-8-2)46-37-31-39-48-57(61)63-51-53(42-33-21-16-10-4)44-35-28-24-20-15-9-3/h12,52-54H,6-11,13-51H2,1-5H3. The Morgan fingerprint density at radius 1 is 0.397 bits per heavy atom. The second-order valence-corrected chi connectivity index (χ2v) is 19.6. The molecular weight excluding hydrogens is 779 g/mol. The Morgan fingerprint density at radius 3 is 1.06 bits per heavy atom. The van der Waals surface area contributed by atoms with Crippen molar-refractivity contribution in [2.24, 2.45) is 11.8 Å². The molecular formula is C57H109NO5. The zero-order valence-corrected chi connectivity index (χ0v) is 43.1. The maximum atomic E-state index is 13.3. The molecule has 0 aliphatic heterocycles. The third kappa shape index (κ3) is 40.2. The molecule has 0 saturated heterocycles. The minimum Gasteiger partial charge on any atom is -0.465 e. The lowest BCUT2D eigenvalue weighted by atomic mass is 9.95. The number of hydrogen-bond acceptors (Lipinski definition) is 5. The highest BCUT2D eigenvalue weighted by Gasteiger charge is 2.22. The van der Waals surface area contributed by atoms with Gasteiger partial charge in [0, 0.05) is 25.4 Å². The second kappa shape index (κ2) is 48.1. The van der Waals surface area contributed by atoms with Gasteiger partial charge < -0.3 is 14.4 Å². The molecule has 0 aromatic rings. The summed E-state index contributed by atoms with van der Waals surface area (Å²) < 4.78 is 11.8. The van der Waals surface area contributed by atoms with E-state index in [1.165, 1.54) is 192 Å². The molecule has 0 spiro atoms. The van der Waals surface area contributed by atoms with E-state index in [2.05, 4.69) is 46.1 Å². The minimum absolute atomic E-state index is 0.0368. The number of ether oxygens (including phenoxy) is 2. The van der Waals surface area contributed by atoms with Crippen molar-refractivity contribution in [3.05, 3.63) is 12.7 Å². The van der Waals surface area contributed by atoms with Crippen molar-refractivity contribution in [3.63, 3.8) is 0 Å². The van der Waals surface area contributed by atoms with E-state index in [4.69, 9.17) is 9.47 Å². The Labute approximate surface area is 393 Å². The molecule has 0 aliphatic carbocycles. The second-order valence-electron chi connectivity index (χ2n) is 19.6. The highest BCUT2D eigenvalue weighted by molar-refractivity contribution is 5.87. The SMILES string of the molecule is C=CC(=O)N(CCCCCCCCCC)C(CCCCCC(=O)OCC(CCCCC)CCCCCCCC)CCCCCC(=O)OCC(CCCCCC)CCCCCCCC. The summed E-state index contributed by atoms with van der Waals surface area (Å²) in [5.74, 6) is 0.922. The maximum Gasteiger partial charge on any atom is 0.305 e. The van der Waals surface area contributed by atoms with Crippen molar-refractivity contribution in [2.45, 2.75) is 304 Å². The van der Waals surface area contributed by atoms with Crippen molar-refractivity contribution < 1.29 is 23.9 Å². The van der Waals surface area contributed by atoms with Gasteiger partial charge in [0.15, 0.2) is 0 Å². The smallest absolute Gasteiger partial charge is 0.305 e. The molecule has 3 atom stereocenters. The van der Waals surface area contributed by atoms with E-state index in [-0.39, 0.29) is 23.9 Å². The van der Waals surface area contributed by atoms with Crippen LogP contribution < -0.4 is 0 Å². The first kappa shape index (κ1) is 61.1. The van der Waals surface area contributed by atoms with E-state index >= 15 is 0 Å². The number of carbonyl (C=O) groups excluding carboxylic acids is 3. The number of carbonyl (C=O) groups is 3. The number of nitrogens with zero attached hydrogens (tertiary/aromatic N) is 1. The largest absolute Gasteiger partial charge is 0.465 e. The van der Waals surface area contributed by atoms with Crippen LogP contribution in [0.2, 0.25) is 0 Å². The van der Waals surface area contributed by atoms with Gasteiger partial charge in [-0.25, -0.2) is 0 Å². The number of unbranched alkanes of at least 4 members (excludes halogenated alkanes) is 26. The Kier molecular flexibility index (Phi) is 46.7. The van der Waals surface area contributed by atoms with Crippen LogP contribution in [-0.4, -0.2) is 48.5 Å². The van der Waals surface area contributed by atoms with Crippen LogP contribution >= 0.6 is 0 Å². The molecule has 63 heavy (non-hydrogen) atoms. The first-order valence-electron chi connectivity index (χ1n) is 28.1. The fourth-order valence-corrected chi connectivity index (χ4v) is 9.27. The van der Waals surface area contributed by atoms with Crippen molar-refractivity contribution in [2.75, 3.05) is 19.8 Å².